The fourth-order valence-electron chi connectivity index (χ4n) is 1.53. The molecule has 0 fully saturated rings. The molecule has 0 atom stereocenters. The molecule has 0 aliphatic heterocycles. The Morgan fingerprint density at radius 1 is 1.45 bits per heavy atom. The van der Waals surface area contributed by atoms with E-state index in [0.717, 1.165) is 4.47 Å². The molecule has 1 amide bonds. The summed E-state index contributed by atoms with van der Waals surface area (Å²) in [4.78, 5) is 16.0. The molecule has 1 heterocycles. The summed E-state index contributed by atoms with van der Waals surface area (Å²) >= 11 is 9.14. The van der Waals surface area contributed by atoms with Crippen molar-refractivity contribution in [3.63, 3.8) is 0 Å². The van der Waals surface area contributed by atoms with Crippen LogP contribution in [0.2, 0.25) is 5.15 Å². The Labute approximate surface area is 128 Å². The van der Waals surface area contributed by atoms with E-state index >= 15 is 0 Å². The number of rotatable bonds is 2. The van der Waals surface area contributed by atoms with E-state index in [9.17, 15) is 4.79 Å². The third-order valence-electron chi connectivity index (χ3n) is 2.46. The number of hydrogen-bond acceptors (Lipinski definition) is 4. The van der Waals surface area contributed by atoms with Crippen molar-refractivity contribution in [2.45, 2.75) is 0 Å². The highest BCUT2D eigenvalue weighted by molar-refractivity contribution is 9.10. The number of nitriles is 1. The Morgan fingerprint density at radius 3 is 2.90 bits per heavy atom. The number of pyridine rings is 1. The van der Waals surface area contributed by atoms with E-state index in [-0.39, 0.29) is 10.7 Å². The second kappa shape index (κ2) is 5.90. The first-order valence-corrected chi connectivity index (χ1v) is 6.60. The van der Waals surface area contributed by atoms with Gasteiger partial charge in [-0.05, 0) is 24.3 Å². The molecule has 1 aromatic carbocycles. The molecule has 0 saturated carbocycles. The predicted octanol–water partition coefficient (Wildman–Crippen LogP) is 3.20. The molecule has 3 N–H and O–H groups in total. The van der Waals surface area contributed by atoms with Crippen molar-refractivity contribution in [3.05, 3.63) is 51.2 Å². The average Bonchev–Trinajstić information content (AvgIpc) is 2.41. The van der Waals surface area contributed by atoms with Crippen molar-refractivity contribution < 1.29 is 4.79 Å². The molecule has 0 spiro atoms. The van der Waals surface area contributed by atoms with Crippen LogP contribution >= 0.6 is 27.5 Å². The second-order valence-electron chi connectivity index (χ2n) is 3.86. The Hall–Kier alpha value is -2.10. The van der Waals surface area contributed by atoms with Gasteiger partial charge in [0.2, 0.25) is 0 Å². The third kappa shape index (κ3) is 3.07. The number of hydrogen-bond donors (Lipinski definition) is 2. The molecule has 0 aliphatic rings. The van der Waals surface area contributed by atoms with Gasteiger partial charge in [0.05, 0.1) is 28.7 Å². The fourth-order valence-corrected chi connectivity index (χ4v) is 2.08. The molecule has 100 valence electrons. The number of nitrogens with two attached hydrogens (primary N) is 1. The molecule has 0 radical (unpaired) electrons. The number of benzene rings is 1. The number of nitrogen functional groups attached to an aromatic ring is 1. The molecule has 0 aliphatic carbocycles. The van der Waals surface area contributed by atoms with E-state index in [1.54, 1.807) is 18.2 Å². The van der Waals surface area contributed by atoms with Crippen LogP contribution in [0.25, 0.3) is 0 Å². The molecule has 20 heavy (non-hydrogen) atoms. The molecular formula is C13H8BrClN4O. The number of aromatic nitrogens is 1. The quantitative estimate of drug-likeness (QED) is 0.813. The average molecular weight is 352 g/mol. The van der Waals surface area contributed by atoms with E-state index in [1.807, 2.05) is 6.07 Å². The highest BCUT2D eigenvalue weighted by atomic mass is 79.9. The Balaban J connectivity index is 2.35. The standard InChI is InChI=1S/C13H8BrClN4O/c14-8-2-1-7(5-16)11(3-8)19-13(20)10-4-9(17)6-18-12(10)15/h1-4,6H,17H2,(H,19,20). The van der Waals surface area contributed by atoms with Crippen LogP contribution in [-0.2, 0) is 0 Å². The lowest BCUT2D eigenvalue weighted by atomic mass is 10.2. The van der Waals surface area contributed by atoms with E-state index in [1.165, 1.54) is 12.3 Å². The SMILES string of the molecule is N#Cc1ccc(Br)cc1NC(=O)c1cc(N)cnc1Cl. The fraction of sp³-hybridized carbons (Fsp3) is 0. The Kier molecular flexibility index (Phi) is 4.23. The zero-order valence-corrected chi connectivity index (χ0v) is 12.4. The maximum absolute atomic E-state index is 12.2. The molecule has 2 rings (SSSR count). The van der Waals surface area contributed by atoms with E-state index in [4.69, 9.17) is 22.6 Å². The number of amides is 1. The van der Waals surface area contributed by atoms with Crippen LogP contribution in [-0.4, -0.2) is 10.9 Å². The predicted molar refractivity (Wildman–Crippen MR) is 80.5 cm³/mol. The van der Waals surface area contributed by atoms with Crippen LogP contribution in [0.3, 0.4) is 0 Å². The molecular weight excluding hydrogens is 344 g/mol. The lowest BCUT2D eigenvalue weighted by molar-refractivity contribution is 0.102. The number of nitrogens with zero attached hydrogens (tertiary/aromatic N) is 2. The molecule has 0 bridgehead atoms. The number of nitrogens with one attached hydrogen (secondary N) is 1. The number of carbonyl (C=O) groups is 1. The minimum atomic E-state index is -0.482. The summed E-state index contributed by atoms with van der Waals surface area (Å²) in [6.45, 7) is 0. The maximum Gasteiger partial charge on any atom is 0.258 e. The number of carbonyl (C=O) groups excluding carboxylic acids is 1. The number of anilines is 2. The van der Waals surface area contributed by atoms with E-state index < -0.39 is 5.91 Å². The van der Waals surface area contributed by atoms with Gasteiger partial charge in [0.15, 0.2) is 0 Å². The zero-order valence-electron chi connectivity index (χ0n) is 10.0. The summed E-state index contributed by atoms with van der Waals surface area (Å²) in [7, 11) is 0. The largest absolute Gasteiger partial charge is 0.397 e. The first kappa shape index (κ1) is 14.3. The summed E-state index contributed by atoms with van der Waals surface area (Å²) < 4.78 is 0.739. The van der Waals surface area contributed by atoms with Gasteiger partial charge in [-0.3, -0.25) is 4.79 Å². The van der Waals surface area contributed by atoms with Crippen LogP contribution in [0, 0.1) is 11.3 Å². The highest BCUT2D eigenvalue weighted by Crippen LogP contribution is 2.23. The zero-order chi connectivity index (χ0) is 14.7. The van der Waals surface area contributed by atoms with Crippen LogP contribution in [0.4, 0.5) is 11.4 Å². The van der Waals surface area contributed by atoms with Gasteiger partial charge in [0.1, 0.15) is 11.2 Å². The van der Waals surface area contributed by atoms with Gasteiger partial charge >= 0.3 is 0 Å². The first-order chi connectivity index (χ1) is 9.51. The van der Waals surface area contributed by atoms with Gasteiger partial charge in [0.25, 0.3) is 5.91 Å². The van der Waals surface area contributed by atoms with Gasteiger partial charge in [0, 0.05) is 4.47 Å². The summed E-state index contributed by atoms with van der Waals surface area (Å²) in [5, 5.41) is 11.7. The molecule has 0 unspecified atom stereocenters. The van der Waals surface area contributed by atoms with Crippen LogP contribution in [0.15, 0.2) is 34.9 Å². The smallest absolute Gasteiger partial charge is 0.258 e. The van der Waals surface area contributed by atoms with Crippen molar-refractivity contribution in [1.29, 1.82) is 5.26 Å². The van der Waals surface area contributed by atoms with Crippen LogP contribution < -0.4 is 11.1 Å². The van der Waals surface area contributed by atoms with Crippen LogP contribution in [0.1, 0.15) is 15.9 Å². The maximum atomic E-state index is 12.2. The first-order valence-electron chi connectivity index (χ1n) is 5.43. The summed E-state index contributed by atoms with van der Waals surface area (Å²) in [5.74, 6) is -0.482. The molecule has 1 aromatic heterocycles. The Morgan fingerprint density at radius 2 is 2.20 bits per heavy atom. The van der Waals surface area contributed by atoms with Gasteiger partial charge in [-0.15, -0.1) is 0 Å². The van der Waals surface area contributed by atoms with Crippen molar-refractivity contribution in [2.75, 3.05) is 11.1 Å². The molecule has 7 heteroatoms. The monoisotopic (exact) mass is 350 g/mol. The third-order valence-corrected chi connectivity index (χ3v) is 3.25. The van der Waals surface area contributed by atoms with E-state index in [0.29, 0.717) is 16.9 Å². The lowest BCUT2D eigenvalue weighted by Crippen LogP contribution is -2.14. The second-order valence-corrected chi connectivity index (χ2v) is 5.14. The van der Waals surface area contributed by atoms with Crippen LogP contribution in [0.5, 0.6) is 0 Å². The minimum Gasteiger partial charge on any atom is -0.397 e. The van der Waals surface area contributed by atoms with Gasteiger partial charge < -0.3 is 11.1 Å². The van der Waals surface area contributed by atoms with E-state index in [2.05, 4.69) is 26.2 Å². The molecule has 5 nitrogen and oxygen atoms in total. The Bertz CT molecular complexity index is 727. The summed E-state index contributed by atoms with van der Waals surface area (Å²) in [6.07, 6.45) is 1.36. The summed E-state index contributed by atoms with van der Waals surface area (Å²) in [6, 6.07) is 8.36. The van der Waals surface area contributed by atoms with Crippen molar-refractivity contribution in [3.8, 4) is 6.07 Å². The van der Waals surface area contributed by atoms with Crippen molar-refractivity contribution in [1.82, 2.24) is 4.98 Å². The van der Waals surface area contributed by atoms with Crippen molar-refractivity contribution in [2.24, 2.45) is 0 Å². The minimum absolute atomic E-state index is 0.0465. The van der Waals surface area contributed by atoms with Gasteiger partial charge in [-0.2, -0.15) is 5.26 Å². The van der Waals surface area contributed by atoms with Gasteiger partial charge in [-0.1, -0.05) is 27.5 Å². The normalized spacial score (nSPS) is 9.85. The topological polar surface area (TPSA) is 91.8 Å². The van der Waals surface area contributed by atoms with Crippen molar-refractivity contribution >= 4 is 44.8 Å². The van der Waals surface area contributed by atoms with Gasteiger partial charge in [-0.25, -0.2) is 4.98 Å². The lowest BCUT2D eigenvalue weighted by Gasteiger charge is -2.09. The number of halogens is 2. The molecule has 0 saturated heterocycles. The highest BCUT2D eigenvalue weighted by Gasteiger charge is 2.14. The molecule has 2 aromatic rings. The summed E-state index contributed by atoms with van der Waals surface area (Å²) in [5.41, 5.74) is 6.78.